The summed E-state index contributed by atoms with van der Waals surface area (Å²) in [5.41, 5.74) is 4.38. The molecule has 3 saturated carbocycles. The Hall–Kier alpha value is -1.18. The average molecular weight is 326 g/mol. The highest BCUT2D eigenvalue weighted by atomic mass is 16.1. The van der Waals surface area contributed by atoms with E-state index in [2.05, 4.69) is 13.8 Å². The Bertz CT molecular complexity index is 655. The molecular formula is C22H30O2. The number of allylic oxidation sites excluding steroid dienone is 3. The first kappa shape index (κ1) is 16.3. The molecule has 0 N–H and O–H groups in total. The third kappa shape index (κ3) is 2.07. The molecule has 0 saturated heterocycles. The second-order valence-corrected chi connectivity index (χ2v) is 9.24. The Balaban J connectivity index is 1.70. The first-order valence-electron chi connectivity index (χ1n) is 9.79. The molecule has 0 aromatic heterocycles. The number of hydrogen-bond acceptors (Lipinski definition) is 2. The molecule has 5 atom stereocenters. The van der Waals surface area contributed by atoms with Gasteiger partial charge in [0.25, 0.3) is 0 Å². The number of carbonyl (C=O) groups excluding carboxylic acids is 2. The zero-order chi connectivity index (χ0) is 17.1. The number of hydrogen-bond donors (Lipinski definition) is 0. The minimum absolute atomic E-state index is 0.244. The summed E-state index contributed by atoms with van der Waals surface area (Å²) in [7, 11) is 0. The summed E-state index contributed by atoms with van der Waals surface area (Å²) in [4.78, 5) is 23.3. The van der Waals surface area contributed by atoms with Gasteiger partial charge >= 0.3 is 0 Å². The summed E-state index contributed by atoms with van der Waals surface area (Å²) in [6.07, 6.45) is 12.1. The second-order valence-electron chi connectivity index (χ2n) is 9.24. The van der Waals surface area contributed by atoms with Crippen LogP contribution in [0.1, 0.15) is 72.1 Å². The van der Waals surface area contributed by atoms with Gasteiger partial charge in [0.05, 0.1) is 0 Å². The van der Waals surface area contributed by atoms with Crippen LogP contribution in [0.5, 0.6) is 0 Å². The summed E-state index contributed by atoms with van der Waals surface area (Å²) in [5.74, 6) is 2.59. The van der Waals surface area contributed by atoms with E-state index >= 15 is 0 Å². The fourth-order valence-corrected chi connectivity index (χ4v) is 7.09. The maximum atomic E-state index is 11.9. The van der Waals surface area contributed by atoms with Crippen LogP contribution in [0.15, 0.2) is 22.8 Å². The Morgan fingerprint density at radius 1 is 1.04 bits per heavy atom. The van der Waals surface area contributed by atoms with E-state index in [0.29, 0.717) is 5.78 Å². The van der Waals surface area contributed by atoms with Crippen molar-refractivity contribution in [1.29, 1.82) is 0 Å². The van der Waals surface area contributed by atoms with Crippen LogP contribution in [0.3, 0.4) is 0 Å². The standard InChI is InChI=1S/C22H30O2/c1-14(13-23)18-6-7-19-17-5-4-15-12-16(24)8-10-21(15,2)20(17)9-11-22(18,19)3/h12-13,17,19-20H,4-11H2,1-3H3/b18-14+/t17-,19-,20-,21-,22+/m0/s1. The lowest BCUT2D eigenvalue weighted by Gasteiger charge is -2.57. The van der Waals surface area contributed by atoms with E-state index in [9.17, 15) is 9.59 Å². The molecular weight excluding hydrogens is 296 g/mol. The SMILES string of the molecule is C/C(C=O)=C1/CC[C@H]2[C@@H]3CCC4=CC(=O)CC[C@]4(C)[C@H]3CC[C@]12C. The van der Waals surface area contributed by atoms with Gasteiger partial charge in [0.1, 0.15) is 6.29 Å². The summed E-state index contributed by atoms with van der Waals surface area (Å²) in [6, 6.07) is 0. The van der Waals surface area contributed by atoms with Crippen LogP contribution >= 0.6 is 0 Å². The van der Waals surface area contributed by atoms with Gasteiger partial charge in [0.2, 0.25) is 0 Å². The fourth-order valence-electron chi connectivity index (χ4n) is 7.09. The molecule has 0 aliphatic heterocycles. The van der Waals surface area contributed by atoms with Crippen LogP contribution in [0.2, 0.25) is 0 Å². The second kappa shape index (κ2) is 5.41. The largest absolute Gasteiger partial charge is 0.298 e. The highest BCUT2D eigenvalue weighted by molar-refractivity contribution is 5.91. The van der Waals surface area contributed by atoms with Gasteiger partial charge in [-0.05, 0) is 92.1 Å². The molecule has 0 amide bonds. The normalized spacial score (nSPS) is 46.5. The van der Waals surface area contributed by atoms with Gasteiger partial charge in [0.15, 0.2) is 5.78 Å². The smallest absolute Gasteiger partial charge is 0.155 e. The van der Waals surface area contributed by atoms with Crippen LogP contribution in [-0.4, -0.2) is 12.1 Å². The summed E-state index contributed by atoms with van der Waals surface area (Å²) in [5, 5.41) is 0. The van der Waals surface area contributed by atoms with Crippen molar-refractivity contribution in [3.63, 3.8) is 0 Å². The van der Waals surface area contributed by atoms with Crippen LogP contribution in [0.25, 0.3) is 0 Å². The summed E-state index contributed by atoms with van der Waals surface area (Å²) >= 11 is 0. The highest BCUT2D eigenvalue weighted by Crippen LogP contribution is 2.66. The van der Waals surface area contributed by atoms with Crippen LogP contribution in [0, 0.1) is 28.6 Å². The topological polar surface area (TPSA) is 34.1 Å². The average Bonchev–Trinajstić information content (AvgIpc) is 2.92. The minimum atomic E-state index is 0.244. The van der Waals surface area contributed by atoms with Crippen molar-refractivity contribution in [2.75, 3.05) is 0 Å². The Morgan fingerprint density at radius 2 is 1.79 bits per heavy atom. The number of aldehydes is 1. The van der Waals surface area contributed by atoms with E-state index < -0.39 is 0 Å². The predicted octanol–water partition coefficient (Wildman–Crippen LogP) is 5.03. The van der Waals surface area contributed by atoms with Crippen LogP contribution in [0.4, 0.5) is 0 Å². The Labute approximate surface area is 145 Å². The third-order valence-corrected chi connectivity index (χ3v) is 8.40. The molecule has 0 aromatic carbocycles. The molecule has 0 aromatic rings. The molecule has 2 nitrogen and oxygen atoms in total. The zero-order valence-electron chi connectivity index (χ0n) is 15.4. The van der Waals surface area contributed by atoms with Crippen molar-refractivity contribution in [3.8, 4) is 0 Å². The molecule has 0 heterocycles. The van der Waals surface area contributed by atoms with E-state index in [1.807, 2.05) is 13.0 Å². The lowest BCUT2D eigenvalue weighted by molar-refractivity contribution is -0.117. The number of ketones is 1. The van der Waals surface area contributed by atoms with Crippen molar-refractivity contribution in [2.24, 2.45) is 28.6 Å². The van der Waals surface area contributed by atoms with E-state index in [1.165, 1.54) is 36.8 Å². The van der Waals surface area contributed by atoms with E-state index in [0.717, 1.165) is 55.3 Å². The van der Waals surface area contributed by atoms with Gasteiger partial charge in [0, 0.05) is 6.42 Å². The summed E-state index contributed by atoms with van der Waals surface area (Å²) in [6.45, 7) is 6.88. The summed E-state index contributed by atoms with van der Waals surface area (Å²) < 4.78 is 0. The number of rotatable bonds is 1. The lowest BCUT2D eigenvalue weighted by atomic mass is 9.47. The van der Waals surface area contributed by atoms with Crippen molar-refractivity contribution in [2.45, 2.75) is 72.1 Å². The molecule has 0 unspecified atom stereocenters. The van der Waals surface area contributed by atoms with Crippen LogP contribution < -0.4 is 0 Å². The van der Waals surface area contributed by atoms with E-state index in [4.69, 9.17) is 0 Å². The molecule has 3 fully saturated rings. The van der Waals surface area contributed by atoms with E-state index in [1.54, 1.807) is 0 Å². The highest BCUT2D eigenvalue weighted by Gasteiger charge is 2.57. The molecule has 4 aliphatic carbocycles. The molecule has 130 valence electrons. The first-order valence-corrected chi connectivity index (χ1v) is 9.79. The third-order valence-electron chi connectivity index (χ3n) is 8.40. The lowest BCUT2D eigenvalue weighted by Crippen LogP contribution is -2.49. The molecule has 0 radical (unpaired) electrons. The van der Waals surface area contributed by atoms with Gasteiger partial charge in [-0.1, -0.05) is 25.0 Å². The predicted molar refractivity (Wildman–Crippen MR) is 95.5 cm³/mol. The Morgan fingerprint density at radius 3 is 2.54 bits per heavy atom. The maximum Gasteiger partial charge on any atom is 0.155 e. The zero-order valence-corrected chi connectivity index (χ0v) is 15.4. The molecule has 24 heavy (non-hydrogen) atoms. The van der Waals surface area contributed by atoms with Gasteiger partial charge in [-0.25, -0.2) is 0 Å². The van der Waals surface area contributed by atoms with Crippen LogP contribution in [-0.2, 0) is 9.59 Å². The van der Waals surface area contributed by atoms with Gasteiger partial charge in [-0.3, -0.25) is 9.59 Å². The van der Waals surface area contributed by atoms with Gasteiger partial charge in [-0.2, -0.15) is 0 Å². The van der Waals surface area contributed by atoms with Crippen molar-refractivity contribution in [3.05, 3.63) is 22.8 Å². The molecule has 0 spiro atoms. The number of fused-ring (bicyclic) bond motifs is 5. The monoisotopic (exact) mass is 326 g/mol. The van der Waals surface area contributed by atoms with Crippen molar-refractivity contribution >= 4 is 12.1 Å². The van der Waals surface area contributed by atoms with Gasteiger partial charge < -0.3 is 0 Å². The molecule has 4 rings (SSSR count). The minimum Gasteiger partial charge on any atom is -0.298 e. The molecule has 2 heteroatoms. The van der Waals surface area contributed by atoms with E-state index in [-0.39, 0.29) is 10.8 Å². The quantitative estimate of drug-likeness (QED) is 0.500. The first-order chi connectivity index (χ1) is 11.4. The molecule has 0 bridgehead atoms. The molecule has 4 aliphatic rings. The van der Waals surface area contributed by atoms with Crippen molar-refractivity contribution in [1.82, 2.24) is 0 Å². The fraction of sp³-hybridized carbons (Fsp3) is 0.727. The van der Waals surface area contributed by atoms with Gasteiger partial charge in [-0.15, -0.1) is 0 Å². The number of carbonyl (C=O) groups is 2. The van der Waals surface area contributed by atoms with Crippen molar-refractivity contribution < 1.29 is 9.59 Å². The Kier molecular flexibility index (Phi) is 3.67. The maximum absolute atomic E-state index is 11.9.